The first-order valence-electron chi connectivity index (χ1n) is 10.2. The van der Waals surface area contributed by atoms with Crippen molar-refractivity contribution in [2.75, 3.05) is 7.11 Å². The van der Waals surface area contributed by atoms with Gasteiger partial charge in [-0.3, -0.25) is 4.79 Å². The van der Waals surface area contributed by atoms with E-state index in [1.54, 1.807) is 7.11 Å². The summed E-state index contributed by atoms with van der Waals surface area (Å²) in [6, 6.07) is 18.0. The Morgan fingerprint density at radius 1 is 1.06 bits per heavy atom. The normalized spacial score (nSPS) is 11.5. The van der Waals surface area contributed by atoms with Gasteiger partial charge in [-0.15, -0.1) is 10.2 Å². The summed E-state index contributed by atoms with van der Waals surface area (Å²) in [5.41, 5.74) is 3.84. The van der Waals surface area contributed by atoms with E-state index in [1.807, 2.05) is 59.4 Å². The van der Waals surface area contributed by atoms with E-state index in [0.29, 0.717) is 18.5 Å². The van der Waals surface area contributed by atoms with Gasteiger partial charge in [-0.2, -0.15) is 5.21 Å². The molecule has 4 rings (SSSR count). The summed E-state index contributed by atoms with van der Waals surface area (Å²) in [4.78, 5) is 12.3. The second kappa shape index (κ2) is 9.74. The number of H-pyrrole nitrogens is 1. The van der Waals surface area contributed by atoms with Gasteiger partial charge in [0, 0.05) is 30.6 Å². The second-order valence-electron chi connectivity index (χ2n) is 7.33. The zero-order valence-electron chi connectivity index (χ0n) is 17.6. The van der Waals surface area contributed by atoms with Crippen molar-refractivity contribution < 1.29 is 14.6 Å². The van der Waals surface area contributed by atoms with Gasteiger partial charge in [-0.25, -0.2) is 0 Å². The van der Waals surface area contributed by atoms with Crippen LogP contribution >= 0.6 is 0 Å². The quantitative estimate of drug-likeness (QED) is 0.239. The Bertz CT molecular complexity index is 1200. The summed E-state index contributed by atoms with van der Waals surface area (Å²) in [7, 11) is 1.64. The number of aliphatic hydroxyl groups is 1. The summed E-state index contributed by atoms with van der Waals surface area (Å²) in [5.74, 6) is 0.0515. The number of aryl methyl sites for hydroxylation is 2. The van der Waals surface area contributed by atoms with Crippen LogP contribution in [0.4, 0.5) is 0 Å². The Labute approximate surface area is 185 Å². The summed E-state index contributed by atoms with van der Waals surface area (Å²) in [5, 5.41) is 23.7. The zero-order valence-corrected chi connectivity index (χ0v) is 17.6. The number of ketones is 1. The number of aliphatic hydroxyl groups excluding tert-OH is 1. The van der Waals surface area contributed by atoms with Crippen molar-refractivity contribution >= 4 is 11.5 Å². The number of aromatic amines is 1. The molecule has 8 heteroatoms. The molecule has 8 nitrogen and oxygen atoms in total. The van der Waals surface area contributed by atoms with E-state index in [2.05, 4.69) is 32.8 Å². The van der Waals surface area contributed by atoms with Crippen LogP contribution in [-0.4, -0.2) is 43.2 Å². The molecule has 2 N–H and O–H groups in total. The van der Waals surface area contributed by atoms with Crippen LogP contribution in [0, 0.1) is 0 Å². The number of rotatable bonds is 9. The Balaban J connectivity index is 1.60. The first kappa shape index (κ1) is 21.0. The van der Waals surface area contributed by atoms with Crippen LogP contribution in [0.3, 0.4) is 0 Å². The van der Waals surface area contributed by atoms with E-state index in [1.165, 1.54) is 5.56 Å². The number of nitrogens with one attached hydrogen (secondary N) is 1. The minimum atomic E-state index is -0.520. The molecule has 2 aromatic heterocycles. The molecule has 162 valence electrons. The van der Waals surface area contributed by atoms with Crippen LogP contribution in [-0.2, 0) is 19.4 Å². The molecule has 0 spiro atoms. The number of hydrogen-bond donors (Lipinski definition) is 2. The minimum absolute atomic E-state index is 0.0972. The van der Waals surface area contributed by atoms with Crippen molar-refractivity contribution in [2.45, 2.75) is 19.4 Å². The summed E-state index contributed by atoms with van der Waals surface area (Å²) < 4.78 is 7.22. The van der Waals surface area contributed by atoms with E-state index in [0.717, 1.165) is 29.4 Å². The molecular weight excluding hydrogens is 406 g/mol. The molecule has 4 aromatic rings. The maximum absolute atomic E-state index is 12.3. The van der Waals surface area contributed by atoms with Crippen molar-refractivity contribution in [3.63, 3.8) is 0 Å². The smallest absolute Gasteiger partial charge is 0.244 e. The summed E-state index contributed by atoms with van der Waals surface area (Å²) in [6.45, 7) is 0.619. The van der Waals surface area contributed by atoms with Gasteiger partial charge in [0.25, 0.3) is 0 Å². The highest BCUT2D eigenvalue weighted by Gasteiger charge is 2.15. The average Bonchev–Trinajstić information content (AvgIpc) is 3.49. The van der Waals surface area contributed by atoms with Gasteiger partial charge >= 0.3 is 0 Å². The Hall–Kier alpha value is -4.20. The number of ether oxygens (including phenoxy) is 1. The number of tetrazole rings is 1. The first-order chi connectivity index (χ1) is 15.6. The third-order valence-electron chi connectivity index (χ3n) is 5.12. The molecule has 0 radical (unpaired) electrons. The molecule has 0 bridgehead atoms. The van der Waals surface area contributed by atoms with Crippen LogP contribution in [0.2, 0.25) is 0 Å². The zero-order chi connectivity index (χ0) is 22.3. The Morgan fingerprint density at radius 3 is 2.53 bits per heavy atom. The number of allylic oxidation sites excluding steroid dienone is 1. The average molecular weight is 429 g/mol. The lowest BCUT2D eigenvalue weighted by molar-refractivity contribution is 0.103. The number of nitrogens with zero attached hydrogens (tertiary/aromatic N) is 4. The summed E-state index contributed by atoms with van der Waals surface area (Å²) in [6.07, 6.45) is 6.50. The Kier molecular flexibility index (Phi) is 6.41. The fourth-order valence-corrected chi connectivity index (χ4v) is 3.47. The maximum Gasteiger partial charge on any atom is 0.244 e. The second-order valence-corrected chi connectivity index (χ2v) is 7.33. The predicted octanol–water partition coefficient (Wildman–Crippen LogP) is 3.63. The lowest BCUT2D eigenvalue weighted by Crippen LogP contribution is -2.00. The highest BCUT2D eigenvalue weighted by Crippen LogP contribution is 2.22. The molecule has 0 aliphatic heterocycles. The van der Waals surface area contributed by atoms with Crippen molar-refractivity contribution in [3.05, 3.63) is 101 Å². The molecule has 2 aromatic carbocycles. The third-order valence-corrected chi connectivity index (χ3v) is 5.12. The maximum atomic E-state index is 12.3. The fourth-order valence-electron chi connectivity index (χ4n) is 3.47. The molecule has 0 atom stereocenters. The van der Waals surface area contributed by atoms with Gasteiger partial charge < -0.3 is 14.4 Å². The first-order valence-corrected chi connectivity index (χ1v) is 10.2. The molecule has 0 fully saturated rings. The van der Waals surface area contributed by atoms with E-state index in [9.17, 15) is 9.90 Å². The highest BCUT2D eigenvalue weighted by molar-refractivity contribution is 6.05. The van der Waals surface area contributed by atoms with Gasteiger partial charge in [0.1, 0.15) is 11.5 Å². The number of carbonyl (C=O) groups is 1. The third kappa shape index (κ3) is 5.10. The predicted molar refractivity (Wildman–Crippen MR) is 119 cm³/mol. The monoisotopic (exact) mass is 429 g/mol. The number of hydrogen-bond acceptors (Lipinski definition) is 6. The largest absolute Gasteiger partial charge is 0.507 e. The van der Waals surface area contributed by atoms with Gasteiger partial charge in [-0.1, -0.05) is 42.5 Å². The number of carbonyl (C=O) groups excluding carboxylic acids is 1. The lowest BCUT2D eigenvalue weighted by Gasteiger charge is -2.05. The van der Waals surface area contributed by atoms with Gasteiger partial charge in [0.15, 0.2) is 0 Å². The molecule has 0 saturated heterocycles. The molecule has 0 aliphatic rings. The van der Waals surface area contributed by atoms with Crippen molar-refractivity contribution in [3.8, 4) is 5.75 Å². The van der Waals surface area contributed by atoms with Crippen LogP contribution in [0.1, 0.15) is 32.9 Å². The van der Waals surface area contributed by atoms with E-state index in [4.69, 9.17) is 4.74 Å². The minimum Gasteiger partial charge on any atom is -0.507 e. The SMILES string of the molecule is COc1ccc(Cn2cc(CCc3ccccc3)c(C(O)=CC(=O)c3nn[nH]n3)c2)cc1. The van der Waals surface area contributed by atoms with E-state index < -0.39 is 5.78 Å². The van der Waals surface area contributed by atoms with Crippen LogP contribution in [0.5, 0.6) is 5.75 Å². The van der Waals surface area contributed by atoms with Gasteiger partial charge in [-0.05, 0) is 46.9 Å². The van der Waals surface area contributed by atoms with Crippen molar-refractivity contribution in [1.82, 2.24) is 25.2 Å². The van der Waals surface area contributed by atoms with Crippen molar-refractivity contribution in [2.24, 2.45) is 0 Å². The molecule has 0 aliphatic carbocycles. The highest BCUT2D eigenvalue weighted by atomic mass is 16.5. The molecular formula is C24H23N5O3. The van der Waals surface area contributed by atoms with E-state index >= 15 is 0 Å². The fraction of sp³-hybridized carbons (Fsp3) is 0.167. The number of aromatic nitrogens is 5. The lowest BCUT2D eigenvalue weighted by atomic mass is 10.0. The van der Waals surface area contributed by atoms with Gasteiger partial charge in [0.05, 0.1) is 7.11 Å². The molecule has 2 heterocycles. The molecule has 0 amide bonds. The Morgan fingerprint density at radius 2 is 1.84 bits per heavy atom. The van der Waals surface area contributed by atoms with Gasteiger partial charge in [0.2, 0.25) is 11.6 Å². The van der Waals surface area contributed by atoms with Crippen LogP contribution < -0.4 is 4.74 Å². The molecule has 32 heavy (non-hydrogen) atoms. The van der Waals surface area contributed by atoms with Crippen LogP contribution in [0.15, 0.2) is 73.1 Å². The van der Waals surface area contributed by atoms with Crippen molar-refractivity contribution in [1.29, 1.82) is 0 Å². The van der Waals surface area contributed by atoms with E-state index in [-0.39, 0.29) is 11.6 Å². The standard InChI is InChI=1S/C24H23N5O3/c1-32-20-11-8-18(9-12-20)14-29-15-19(10-7-17-5-3-2-4-6-17)21(16-29)22(30)13-23(31)24-25-27-28-26-24/h2-6,8-9,11-13,15-16,30H,7,10,14H2,1H3,(H,25,26,27,28). The summed E-state index contributed by atoms with van der Waals surface area (Å²) >= 11 is 0. The topological polar surface area (TPSA) is 106 Å². The van der Waals surface area contributed by atoms with Crippen LogP contribution in [0.25, 0.3) is 5.76 Å². The molecule has 0 unspecified atom stereocenters. The molecule has 0 saturated carbocycles. The number of benzene rings is 2. The number of methoxy groups -OCH3 is 1.